The minimum atomic E-state index is -0.980. The smallest absolute Gasteiger partial charge is 0.318 e. The highest BCUT2D eigenvalue weighted by molar-refractivity contribution is 7.13. The van der Waals surface area contributed by atoms with Crippen LogP contribution in [-0.4, -0.2) is 167 Å². The van der Waals surface area contributed by atoms with E-state index in [0.29, 0.717) is 45.3 Å². The molecule has 19 nitrogen and oxygen atoms in total. The lowest BCUT2D eigenvalue weighted by molar-refractivity contribution is -0.144. The van der Waals surface area contributed by atoms with Crippen LogP contribution in [0.2, 0.25) is 0 Å². The highest BCUT2D eigenvalue weighted by atomic mass is 32.1. The Hall–Kier alpha value is -7.02. The molecule has 4 aliphatic rings. The lowest BCUT2D eigenvalue weighted by atomic mass is 9.85. The van der Waals surface area contributed by atoms with Gasteiger partial charge in [0, 0.05) is 75.4 Å². The summed E-state index contributed by atoms with van der Waals surface area (Å²) in [6.07, 6.45) is 2.82. The van der Waals surface area contributed by atoms with Crippen LogP contribution < -0.4 is 25.2 Å². The first-order valence-electron chi connectivity index (χ1n) is 28.3. The summed E-state index contributed by atoms with van der Waals surface area (Å²) < 4.78 is 18.5. The van der Waals surface area contributed by atoms with E-state index in [1.54, 1.807) is 16.2 Å². The number of aliphatic hydroxyl groups excluding tert-OH is 1. The molecule has 9 rings (SSSR count). The molecule has 6 heterocycles. The van der Waals surface area contributed by atoms with Crippen molar-refractivity contribution in [2.24, 2.45) is 5.41 Å². The fourth-order valence-electron chi connectivity index (χ4n) is 11.6. The van der Waals surface area contributed by atoms with Crippen LogP contribution in [0.25, 0.3) is 21.2 Å². The number of aryl methyl sites for hydroxylation is 1. The first-order valence-corrected chi connectivity index (χ1v) is 29.2. The van der Waals surface area contributed by atoms with Gasteiger partial charge in [-0.2, -0.15) is 15.2 Å². The lowest BCUT2D eigenvalue weighted by Crippen LogP contribution is -2.58. The molecule has 0 spiro atoms. The van der Waals surface area contributed by atoms with E-state index in [1.165, 1.54) is 21.7 Å². The van der Waals surface area contributed by atoms with Crippen LogP contribution >= 0.6 is 11.3 Å². The van der Waals surface area contributed by atoms with Crippen molar-refractivity contribution in [3.05, 3.63) is 107 Å². The lowest BCUT2D eigenvalue weighted by Gasteiger charge is -2.42. The van der Waals surface area contributed by atoms with Crippen molar-refractivity contribution in [2.75, 3.05) is 82.0 Å². The van der Waals surface area contributed by atoms with Crippen molar-refractivity contribution in [3.63, 3.8) is 0 Å². The Balaban J connectivity index is 0.737. The standard InChI is InChI=1S/C61H77N11O8S/c1-8-54(75)71-29-28-70(34-45(71)20-24-62)57-49-23-27-69(51-15-11-13-43-12-9-10-14-48(43)51)36-50(49)65-60(67-57)80-39(2)33-68-25-21-47(22-26-68)79-31-30-78-37-53(74)66-56(61(5,6)7)59(77)72-35-46(73)32-52(72)58(76)64-40(3)42-16-18-44(19-17-42)55-41(4)63-38-81-55/h8-19,38-40,45-47,52,56,73H,1,20-23,25-37H2,2-7H3,(H,64,76)(H,66,74)/t39-,40+,45+,46-,52+,56-/m1/s1. The van der Waals surface area contributed by atoms with Crippen molar-refractivity contribution < 1.29 is 38.5 Å². The van der Waals surface area contributed by atoms with E-state index in [2.05, 4.69) is 85.4 Å². The second kappa shape index (κ2) is 26.3. The van der Waals surface area contributed by atoms with E-state index in [1.807, 2.05) is 71.3 Å². The summed E-state index contributed by atoms with van der Waals surface area (Å²) in [5.74, 6) is -0.671. The number of piperidine rings is 1. The number of likely N-dealkylation sites (tertiary alicyclic amines) is 2. The van der Waals surface area contributed by atoms with Gasteiger partial charge in [0.1, 0.15) is 30.6 Å². The van der Waals surface area contributed by atoms with E-state index < -0.39 is 35.4 Å². The topological polar surface area (TPSA) is 219 Å². The van der Waals surface area contributed by atoms with E-state index in [0.717, 1.165) is 83.4 Å². The summed E-state index contributed by atoms with van der Waals surface area (Å²) in [4.78, 5) is 79.7. The van der Waals surface area contributed by atoms with Gasteiger partial charge in [0.25, 0.3) is 0 Å². The van der Waals surface area contributed by atoms with Gasteiger partial charge in [-0.3, -0.25) is 24.1 Å². The number of rotatable bonds is 20. The molecule has 0 saturated carbocycles. The minimum Gasteiger partial charge on any atom is -0.459 e. The normalized spacial score (nSPS) is 20.0. The van der Waals surface area contributed by atoms with Gasteiger partial charge in [0.15, 0.2) is 0 Å². The van der Waals surface area contributed by atoms with E-state index >= 15 is 0 Å². The molecule has 3 N–H and O–H groups in total. The number of carbonyl (C=O) groups excluding carboxylic acids is 4. The molecule has 2 aromatic heterocycles. The molecule has 430 valence electrons. The van der Waals surface area contributed by atoms with Crippen molar-refractivity contribution in [1.82, 2.24) is 40.3 Å². The van der Waals surface area contributed by atoms with Gasteiger partial charge in [0.2, 0.25) is 23.6 Å². The van der Waals surface area contributed by atoms with Crippen LogP contribution in [0.5, 0.6) is 6.01 Å². The zero-order valence-electron chi connectivity index (χ0n) is 47.5. The number of hydrogen-bond acceptors (Lipinski definition) is 16. The average molecular weight is 1120 g/mol. The molecule has 5 aromatic rings. The SMILES string of the molecule is C=CC(=O)N1CCN(c2nc(O[C@H](C)CN3CCC(OCCOCC(=O)N[C@H](C(=O)N4C[C@H](O)C[C@H]4C(=O)N[C@@H](C)c4ccc(-c5scnc5C)cc4)C(C)(C)C)CC3)nc3c2CCN(c2cccc4ccccc24)C3)C[C@@H]1CC#N. The first-order chi connectivity index (χ1) is 39.0. The molecule has 3 saturated heterocycles. The Labute approximate surface area is 479 Å². The third-order valence-electron chi connectivity index (χ3n) is 15.9. The molecule has 4 amide bonds. The summed E-state index contributed by atoms with van der Waals surface area (Å²) in [6, 6.07) is 22.8. The summed E-state index contributed by atoms with van der Waals surface area (Å²) >= 11 is 1.57. The Morgan fingerprint density at radius 3 is 2.42 bits per heavy atom. The summed E-state index contributed by atoms with van der Waals surface area (Å²) in [5.41, 5.74) is 7.11. The number of fused-ring (bicyclic) bond motifs is 2. The number of aliphatic hydroxyl groups is 1. The Morgan fingerprint density at radius 2 is 1.69 bits per heavy atom. The highest BCUT2D eigenvalue weighted by Gasteiger charge is 2.45. The molecule has 81 heavy (non-hydrogen) atoms. The first kappa shape index (κ1) is 58.6. The molecule has 0 aliphatic carbocycles. The van der Waals surface area contributed by atoms with Crippen LogP contribution in [0.3, 0.4) is 0 Å². The largest absolute Gasteiger partial charge is 0.459 e. The van der Waals surface area contributed by atoms with Crippen molar-refractivity contribution >= 4 is 57.2 Å². The Morgan fingerprint density at radius 1 is 0.926 bits per heavy atom. The summed E-state index contributed by atoms with van der Waals surface area (Å²) in [5, 5.41) is 28.7. The second-order valence-electron chi connectivity index (χ2n) is 22.9. The van der Waals surface area contributed by atoms with Crippen LogP contribution in [0, 0.1) is 23.7 Å². The number of nitrogens with one attached hydrogen (secondary N) is 2. The molecular weight excluding hydrogens is 1050 g/mol. The molecule has 0 radical (unpaired) electrons. The van der Waals surface area contributed by atoms with Crippen LogP contribution in [0.4, 0.5) is 11.5 Å². The molecule has 4 aliphatic heterocycles. The summed E-state index contributed by atoms with van der Waals surface area (Å²) in [6.45, 7) is 20.4. The predicted molar refractivity (Wildman–Crippen MR) is 312 cm³/mol. The van der Waals surface area contributed by atoms with Crippen LogP contribution in [0.1, 0.15) is 88.9 Å². The van der Waals surface area contributed by atoms with Gasteiger partial charge < -0.3 is 49.6 Å². The third kappa shape index (κ3) is 14.2. The van der Waals surface area contributed by atoms with Crippen LogP contribution in [-0.2, 0) is 41.6 Å². The van der Waals surface area contributed by atoms with Gasteiger partial charge >= 0.3 is 6.01 Å². The van der Waals surface area contributed by atoms with Gasteiger partial charge in [-0.15, -0.1) is 11.3 Å². The molecular formula is C61H77N11O8S. The number of hydrogen-bond donors (Lipinski definition) is 3. The number of ether oxygens (including phenoxy) is 3. The molecule has 3 aromatic carbocycles. The summed E-state index contributed by atoms with van der Waals surface area (Å²) in [7, 11) is 0. The quantitative estimate of drug-likeness (QED) is 0.0569. The van der Waals surface area contributed by atoms with Crippen LogP contribution in [0.15, 0.2) is 84.9 Å². The van der Waals surface area contributed by atoms with Gasteiger partial charge in [0.05, 0.1) is 78.3 Å². The number of anilines is 2. The molecule has 6 atom stereocenters. The van der Waals surface area contributed by atoms with Crippen molar-refractivity contribution in [1.29, 1.82) is 5.26 Å². The maximum atomic E-state index is 14.2. The number of benzene rings is 3. The molecule has 0 unspecified atom stereocenters. The average Bonchev–Trinajstić information content (AvgIpc) is 4.23. The Kier molecular flexibility index (Phi) is 19.0. The van der Waals surface area contributed by atoms with E-state index in [-0.39, 0.29) is 68.7 Å². The van der Waals surface area contributed by atoms with Crippen molar-refractivity contribution in [3.8, 4) is 22.5 Å². The highest BCUT2D eigenvalue weighted by Crippen LogP contribution is 2.36. The number of aromatic nitrogens is 3. The Bertz CT molecular complexity index is 3070. The number of piperazine rings is 1. The van der Waals surface area contributed by atoms with Gasteiger partial charge in [-0.1, -0.05) is 88.0 Å². The number of β-amino-alcohol motifs (C(OH)–C–C–N with tert-alkyl or cyclic N) is 1. The fraction of sp³-hybridized carbons (Fsp3) is 0.508. The number of carbonyl (C=O) groups is 4. The number of amides is 4. The molecule has 3 fully saturated rings. The number of thiazole rings is 1. The zero-order chi connectivity index (χ0) is 57.4. The van der Waals surface area contributed by atoms with E-state index in [9.17, 15) is 29.5 Å². The maximum absolute atomic E-state index is 14.2. The number of nitrogens with zero attached hydrogens (tertiary/aromatic N) is 9. The van der Waals surface area contributed by atoms with Crippen molar-refractivity contribution in [2.45, 2.75) is 123 Å². The van der Waals surface area contributed by atoms with Gasteiger partial charge in [-0.05, 0) is 74.1 Å². The fourth-order valence-corrected chi connectivity index (χ4v) is 12.4. The predicted octanol–water partition coefficient (Wildman–Crippen LogP) is 6.38. The monoisotopic (exact) mass is 1120 g/mol. The third-order valence-corrected chi connectivity index (χ3v) is 16.9. The van der Waals surface area contributed by atoms with E-state index in [4.69, 9.17) is 24.2 Å². The molecule has 20 heteroatoms. The van der Waals surface area contributed by atoms with Gasteiger partial charge in [-0.25, -0.2) is 4.98 Å². The molecule has 0 bridgehead atoms. The minimum absolute atomic E-state index is 0.0177. The second-order valence-corrected chi connectivity index (χ2v) is 23.7. The number of nitriles is 1. The zero-order valence-corrected chi connectivity index (χ0v) is 48.3. The maximum Gasteiger partial charge on any atom is 0.318 e.